The number of hydrogen-bond acceptors (Lipinski definition) is 4. The molecule has 1 atom stereocenters. The summed E-state index contributed by atoms with van der Waals surface area (Å²) in [5.41, 5.74) is -0.429. The molecule has 0 radical (unpaired) electrons. The zero-order valence-corrected chi connectivity index (χ0v) is 10.5. The summed E-state index contributed by atoms with van der Waals surface area (Å²) in [7, 11) is 0. The predicted molar refractivity (Wildman–Crippen MR) is 62.1 cm³/mol. The lowest BCUT2D eigenvalue weighted by Gasteiger charge is -2.34. The summed E-state index contributed by atoms with van der Waals surface area (Å²) in [4.78, 5) is 13.7. The van der Waals surface area contributed by atoms with Crippen molar-refractivity contribution >= 4 is 5.97 Å². The molecule has 94 valence electrons. The lowest BCUT2D eigenvalue weighted by atomic mass is 10.0. The van der Waals surface area contributed by atoms with Crippen LogP contribution in [0.5, 0.6) is 0 Å². The normalized spacial score (nSPS) is 23.1. The van der Waals surface area contributed by atoms with Gasteiger partial charge in [-0.3, -0.25) is 9.69 Å². The molecule has 0 aromatic heterocycles. The molecule has 16 heavy (non-hydrogen) atoms. The fourth-order valence-electron chi connectivity index (χ4n) is 2.01. The van der Waals surface area contributed by atoms with Crippen LogP contribution in [0.4, 0.5) is 0 Å². The van der Waals surface area contributed by atoms with Crippen molar-refractivity contribution in [2.24, 2.45) is 0 Å². The number of esters is 1. The van der Waals surface area contributed by atoms with Gasteiger partial charge in [-0.25, -0.2) is 0 Å². The fourth-order valence-corrected chi connectivity index (χ4v) is 2.01. The monoisotopic (exact) mass is 229 g/mol. The summed E-state index contributed by atoms with van der Waals surface area (Å²) in [5, 5.41) is 9.21. The van der Waals surface area contributed by atoms with Gasteiger partial charge in [0.2, 0.25) is 0 Å². The molecule has 0 unspecified atom stereocenters. The van der Waals surface area contributed by atoms with Gasteiger partial charge >= 0.3 is 5.97 Å². The largest absolute Gasteiger partial charge is 0.459 e. The molecule has 0 aromatic rings. The Balaban J connectivity index is 2.42. The van der Waals surface area contributed by atoms with E-state index in [9.17, 15) is 9.90 Å². The van der Waals surface area contributed by atoms with Gasteiger partial charge in [-0.05, 0) is 40.2 Å². The Labute approximate surface area is 97.6 Å². The standard InChI is InChI=1S/C12H23NO3/c1-12(2,3)16-11(15)8-13-7-5-4-6-10(13)9-14/h10,14H,4-9H2,1-3H3/t10-/m0/s1. The number of hydrogen-bond donors (Lipinski definition) is 1. The summed E-state index contributed by atoms with van der Waals surface area (Å²) in [6.45, 7) is 6.90. The van der Waals surface area contributed by atoms with E-state index in [1.165, 1.54) is 0 Å². The van der Waals surface area contributed by atoms with E-state index in [0.717, 1.165) is 25.8 Å². The Morgan fingerprint density at radius 1 is 1.44 bits per heavy atom. The minimum absolute atomic E-state index is 0.126. The summed E-state index contributed by atoms with van der Waals surface area (Å²) in [6.07, 6.45) is 3.20. The molecule has 1 aliphatic heterocycles. The average molecular weight is 229 g/mol. The van der Waals surface area contributed by atoms with E-state index in [1.807, 2.05) is 25.7 Å². The van der Waals surface area contributed by atoms with Crippen molar-refractivity contribution < 1.29 is 14.6 Å². The lowest BCUT2D eigenvalue weighted by Crippen LogP contribution is -2.45. The molecule has 1 rings (SSSR count). The average Bonchev–Trinajstić information content (AvgIpc) is 2.15. The Bertz CT molecular complexity index is 235. The van der Waals surface area contributed by atoms with Crippen molar-refractivity contribution in [3.05, 3.63) is 0 Å². The molecule has 0 bridgehead atoms. The first kappa shape index (κ1) is 13.5. The Morgan fingerprint density at radius 2 is 2.12 bits per heavy atom. The fraction of sp³-hybridized carbons (Fsp3) is 0.917. The molecule has 0 spiro atoms. The van der Waals surface area contributed by atoms with Crippen LogP contribution in [0.1, 0.15) is 40.0 Å². The zero-order valence-electron chi connectivity index (χ0n) is 10.5. The van der Waals surface area contributed by atoms with E-state index in [0.29, 0.717) is 6.54 Å². The number of aliphatic hydroxyl groups is 1. The number of piperidine rings is 1. The summed E-state index contributed by atoms with van der Waals surface area (Å²) in [5.74, 6) is -0.201. The molecule has 4 nitrogen and oxygen atoms in total. The highest BCUT2D eigenvalue weighted by Gasteiger charge is 2.25. The van der Waals surface area contributed by atoms with Crippen LogP contribution >= 0.6 is 0 Å². The number of rotatable bonds is 3. The summed E-state index contributed by atoms with van der Waals surface area (Å²) >= 11 is 0. The van der Waals surface area contributed by atoms with E-state index in [-0.39, 0.29) is 18.6 Å². The molecule has 1 aliphatic rings. The smallest absolute Gasteiger partial charge is 0.320 e. The van der Waals surface area contributed by atoms with Crippen LogP contribution in [0.15, 0.2) is 0 Å². The number of ether oxygens (including phenoxy) is 1. The van der Waals surface area contributed by atoms with Crippen molar-refractivity contribution in [1.82, 2.24) is 4.90 Å². The maximum atomic E-state index is 11.6. The first-order chi connectivity index (χ1) is 7.42. The first-order valence-corrected chi connectivity index (χ1v) is 5.99. The molecular formula is C12H23NO3. The lowest BCUT2D eigenvalue weighted by molar-refractivity contribution is -0.157. The maximum absolute atomic E-state index is 11.6. The zero-order chi connectivity index (χ0) is 12.2. The van der Waals surface area contributed by atoms with Crippen molar-refractivity contribution in [1.29, 1.82) is 0 Å². The third kappa shape index (κ3) is 4.49. The van der Waals surface area contributed by atoms with Crippen LogP contribution in [-0.2, 0) is 9.53 Å². The molecule has 0 saturated carbocycles. The highest BCUT2D eigenvalue weighted by Crippen LogP contribution is 2.17. The highest BCUT2D eigenvalue weighted by molar-refractivity contribution is 5.72. The van der Waals surface area contributed by atoms with E-state index >= 15 is 0 Å². The topological polar surface area (TPSA) is 49.8 Å². The van der Waals surface area contributed by atoms with Crippen LogP contribution in [-0.4, -0.2) is 47.3 Å². The van der Waals surface area contributed by atoms with Gasteiger partial charge in [-0.1, -0.05) is 6.42 Å². The Hall–Kier alpha value is -0.610. The molecule has 4 heteroatoms. The second-order valence-corrected chi connectivity index (χ2v) is 5.39. The minimum atomic E-state index is -0.429. The van der Waals surface area contributed by atoms with Gasteiger partial charge in [-0.2, -0.15) is 0 Å². The van der Waals surface area contributed by atoms with Gasteiger partial charge in [0, 0.05) is 6.04 Å². The maximum Gasteiger partial charge on any atom is 0.320 e. The number of nitrogens with zero attached hydrogens (tertiary/aromatic N) is 1. The minimum Gasteiger partial charge on any atom is -0.459 e. The van der Waals surface area contributed by atoms with Gasteiger partial charge in [0.15, 0.2) is 0 Å². The van der Waals surface area contributed by atoms with Crippen molar-refractivity contribution in [2.45, 2.75) is 51.7 Å². The first-order valence-electron chi connectivity index (χ1n) is 5.99. The van der Waals surface area contributed by atoms with Gasteiger partial charge in [0.25, 0.3) is 0 Å². The molecule has 0 aliphatic carbocycles. The third-order valence-corrected chi connectivity index (χ3v) is 2.71. The summed E-state index contributed by atoms with van der Waals surface area (Å²) in [6, 6.07) is 0.126. The number of likely N-dealkylation sites (tertiary alicyclic amines) is 1. The van der Waals surface area contributed by atoms with Crippen LogP contribution < -0.4 is 0 Å². The van der Waals surface area contributed by atoms with Gasteiger partial charge in [0.05, 0.1) is 13.2 Å². The second-order valence-electron chi connectivity index (χ2n) is 5.39. The Kier molecular flexibility index (Phi) is 4.74. The van der Waals surface area contributed by atoms with Crippen molar-refractivity contribution in [3.63, 3.8) is 0 Å². The second kappa shape index (κ2) is 5.64. The van der Waals surface area contributed by atoms with Crippen LogP contribution in [0.2, 0.25) is 0 Å². The molecule has 0 aromatic carbocycles. The summed E-state index contributed by atoms with van der Waals surface area (Å²) < 4.78 is 5.27. The molecular weight excluding hydrogens is 206 g/mol. The van der Waals surface area contributed by atoms with E-state index < -0.39 is 5.60 Å². The van der Waals surface area contributed by atoms with E-state index in [1.54, 1.807) is 0 Å². The molecule has 1 fully saturated rings. The Morgan fingerprint density at radius 3 is 2.69 bits per heavy atom. The van der Waals surface area contributed by atoms with Crippen molar-refractivity contribution in [2.75, 3.05) is 19.7 Å². The SMILES string of the molecule is CC(C)(C)OC(=O)CN1CCCC[C@H]1CO. The van der Waals surface area contributed by atoms with E-state index in [2.05, 4.69) is 0 Å². The molecule has 0 amide bonds. The van der Waals surface area contributed by atoms with Gasteiger partial charge in [0.1, 0.15) is 5.60 Å². The number of carbonyl (C=O) groups excluding carboxylic acids is 1. The van der Waals surface area contributed by atoms with Crippen LogP contribution in [0.3, 0.4) is 0 Å². The highest BCUT2D eigenvalue weighted by atomic mass is 16.6. The van der Waals surface area contributed by atoms with Gasteiger partial charge < -0.3 is 9.84 Å². The van der Waals surface area contributed by atoms with Crippen LogP contribution in [0, 0.1) is 0 Å². The molecule has 1 heterocycles. The van der Waals surface area contributed by atoms with Gasteiger partial charge in [-0.15, -0.1) is 0 Å². The third-order valence-electron chi connectivity index (χ3n) is 2.71. The quantitative estimate of drug-likeness (QED) is 0.738. The van der Waals surface area contributed by atoms with Crippen molar-refractivity contribution in [3.8, 4) is 0 Å². The molecule has 1 saturated heterocycles. The predicted octanol–water partition coefficient (Wildman–Crippen LogP) is 1.17. The molecule has 1 N–H and O–H groups in total. The number of aliphatic hydroxyl groups excluding tert-OH is 1. The van der Waals surface area contributed by atoms with E-state index in [4.69, 9.17) is 4.74 Å². The van der Waals surface area contributed by atoms with Crippen LogP contribution in [0.25, 0.3) is 0 Å². The number of carbonyl (C=O) groups is 1.